The molecule has 0 radical (unpaired) electrons. The maximum absolute atomic E-state index is 9.93. The molecule has 11 rings (SSSR count). The number of para-hydroxylation sites is 2. The molecule has 242 valence electrons. The first-order chi connectivity index (χ1) is 37.4. The lowest BCUT2D eigenvalue weighted by molar-refractivity contribution is 0.669. The standard InChI is InChI=1S/C47H28N4O/c1-2-14-30(15-3-1)45-48-46(50-47(49-45)51-40-23-10-8-19-35(40)36-20-9-11-24-41(36)51)31-25-26-42-39(27-31)44-37-21-7-6-18-34(37)38(28-43(44)52-42)33-22-12-16-29-13-4-5-17-32(29)33/h1-28H/i1D,2D,3D,4D,5D,6D,7D,8D,9D,10D,11D,12D,13D,14D,15D,16D,17D,18D,19D,20D,21D,22D,23D,24D,25D,26D,27D,28D. The molecule has 3 aromatic heterocycles. The molecule has 8 aromatic carbocycles. The molecule has 0 aliphatic heterocycles. The van der Waals surface area contributed by atoms with Crippen LogP contribution in [0.2, 0.25) is 0 Å². The van der Waals surface area contributed by atoms with Crippen molar-refractivity contribution in [3.63, 3.8) is 0 Å². The minimum Gasteiger partial charge on any atom is -0.456 e. The minimum atomic E-state index is -0.977. The minimum absolute atomic E-state index is 0.464. The quantitative estimate of drug-likeness (QED) is 0.184. The number of fused-ring (bicyclic) bond motifs is 9. The van der Waals surface area contributed by atoms with E-state index in [2.05, 4.69) is 15.0 Å². The molecule has 0 unspecified atom stereocenters. The van der Waals surface area contributed by atoms with Gasteiger partial charge in [0.2, 0.25) is 5.95 Å². The Hall–Kier alpha value is -7.11. The summed E-state index contributed by atoms with van der Waals surface area (Å²) in [5, 5.41) is -4.35. The summed E-state index contributed by atoms with van der Waals surface area (Å²) < 4.78 is 256. The fourth-order valence-electron chi connectivity index (χ4n) is 6.07. The van der Waals surface area contributed by atoms with Crippen LogP contribution in [0.5, 0.6) is 0 Å². The van der Waals surface area contributed by atoms with Crippen molar-refractivity contribution >= 4 is 65.3 Å². The number of hydrogen-bond acceptors (Lipinski definition) is 4. The first-order valence-corrected chi connectivity index (χ1v) is 15.2. The molecule has 0 spiro atoms. The van der Waals surface area contributed by atoms with Gasteiger partial charge in [-0.3, -0.25) is 4.57 Å². The van der Waals surface area contributed by atoms with E-state index in [4.69, 9.17) is 34.6 Å². The van der Waals surface area contributed by atoms with E-state index in [1.54, 1.807) is 0 Å². The number of furan rings is 1. The van der Waals surface area contributed by atoms with E-state index >= 15 is 0 Å². The highest BCUT2D eigenvalue weighted by atomic mass is 16.3. The van der Waals surface area contributed by atoms with Gasteiger partial charge in [-0.25, -0.2) is 4.98 Å². The molecule has 5 nitrogen and oxygen atoms in total. The maximum Gasteiger partial charge on any atom is 0.238 e. The van der Waals surface area contributed by atoms with Crippen molar-refractivity contribution in [2.75, 3.05) is 0 Å². The van der Waals surface area contributed by atoms with Crippen LogP contribution in [0.3, 0.4) is 0 Å². The van der Waals surface area contributed by atoms with Crippen molar-refractivity contribution in [1.29, 1.82) is 0 Å². The normalized spacial score (nSPS) is 19.4. The third-order valence-electron chi connectivity index (χ3n) is 8.25. The highest BCUT2D eigenvalue weighted by Crippen LogP contribution is 2.42. The second-order valence-corrected chi connectivity index (χ2v) is 11.1. The zero-order chi connectivity index (χ0) is 58.5. The summed E-state index contributed by atoms with van der Waals surface area (Å²) in [7, 11) is 0. The van der Waals surface area contributed by atoms with E-state index in [-0.39, 0.29) is 0 Å². The fourth-order valence-corrected chi connectivity index (χ4v) is 6.07. The van der Waals surface area contributed by atoms with Gasteiger partial charge in [0.15, 0.2) is 11.6 Å². The van der Waals surface area contributed by atoms with Crippen LogP contribution in [0.4, 0.5) is 0 Å². The van der Waals surface area contributed by atoms with Crippen LogP contribution in [-0.4, -0.2) is 19.5 Å². The zero-order valence-corrected chi connectivity index (χ0v) is 25.7. The molecule has 52 heavy (non-hydrogen) atoms. The smallest absolute Gasteiger partial charge is 0.238 e. The number of benzene rings is 8. The first-order valence-electron chi connectivity index (χ1n) is 29.2. The van der Waals surface area contributed by atoms with Gasteiger partial charge in [0.05, 0.1) is 49.4 Å². The van der Waals surface area contributed by atoms with Gasteiger partial charge in [0.1, 0.15) is 11.2 Å². The molecular formula is C47H28N4O. The Kier molecular flexibility index (Phi) is 2.71. The van der Waals surface area contributed by atoms with E-state index in [1.807, 2.05) is 0 Å². The predicted molar refractivity (Wildman–Crippen MR) is 213 cm³/mol. The molecule has 5 heteroatoms. The molecule has 0 amide bonds. The van der Waals surface area contributed by atoms with Crippen LogP contribution in [0.25, 0.3) is 105 Å². The second kappa shape index (κ2) is 11.2. The predicted octanol–water partition coefficient (Wildman–Crippen LogP) is 12.2. The van der Waals surface area contributed by atoms with Gasteiger partial charge in [0, 0.05) is 32.7 Å². The topological polar surface area (TPSA) is 56.7 Å². The van der Waals surface area contributed by atoms with Gasteiger partial charge in [-0.2, -0.15) is 9.97 Å². The zero-order valence-electron chi connectivity index (χ0n) is 53.7. The summed E-state index contributed by atoms with van der Waals surface area (Å²) in [5.41, 5.74) is -5.35. The van der Waals surface area contributed by atoms with Crippen molar-refractivity contribution < 1.29 is 42.8 Å². The lowest BCUT2D eigenvalue weighted by atomic mass is 9.92. The molecule has 11 aromatic rings. The molecule has 0 bridgehead atoms. The molecule has 0 saturated heterocycles. The second-order valence-electron chi connectivity index (χ2n) is 11.1. The number of rotatable bonds is 4. The summed E-state index contributed by atoms with van der Waals surface area (Å²) >= 11 is 0. The van der Waals surface area contributed by atoms with E-state index in [9.17, 15) is 8.22 Å². The largest absolute Gasteiger partial charge is 0.456 e. The van der Waals surface area contributed by atoms with Gasteiger partial charge in [-0.1, -0.05) is 133 Å². The molecule has 0 fully saturated rings. The Labute approximate surface area is 337 Å². The van der Waals surface area contributed by atoms with Crippen LogP contribution in [-0.2, 0) is 0 Å². The van der Waals surface area contributed by atoms with E-state index in [1.165, 1.54) is 0 Å². The van der Waals surface area contributed by atoms with Gasteiger partial charge in [-0.15, -0.1) is 0 Å². The summed E-state index contributed by atoms with van der Waals surface area (Å²) in [4.78, 5) is 13.3. The fraction of sp³-hybridized carbons (Fsp3) is 0. The number of aromatic nitrogens is 4. The van der Waals surface area contributed by atoms with Gasteiger partial charge in [-0.05, 0) is 68.9 Å². The maximum atomic E-state index is 9.93. The van der Waals surface area contributed by atoms with E-state index in [0.29, 0.717) is 0 Å². The van der Waals surface area contributed by atoms with Crippen molar-refractivity contribution in [3.05, 3.63) is 169 Å². The average Bonchev–Trinajstić information content (AvgIpc) is 4.21. The van der Waals surface area contributed by atoms with Crippen molar-refractivity contribution in [2.24, 2.45) is 0 Å². The molecule has 3 heterocycles. The number of hydrogen-bond donors (Lipinski definition) is 0. The Bertz CT molecular complexity index is 4710. The van der Waals surface area contributed by atoms with Crippen LogP contribution in [0, 0.1) is 0 Å². The van der Waals surface area contributed by atoms with Crippen molar-refractivity contribution in [3.8, 4) is 39.9 Å². The summed E-state index contributed by atoms with van der Waals surface area (Å²) in [6.07, 6.45) is 0. The molecular weight excluding hydrogens is 637 g/mol. The van der Waals surface area contributed by atoms with Gasteiger partial charge >= 0.3 is 0 Å². The van der Waals surface area contributed by atoms with Crippen LogP contribution >= 0.6 is 0 Å². The first kappa shape index (κ1) is 12.6. The lowest BCUT2D eigenvalue weighted by Crippen LogP contribution is -2.06. The van der Waals surface area contributed by atoms with Crippen LogP contribution < -0.4 is 0 Å². The summed E-state index contributed by atoms with van der Waals surface area (Å²) in [6.45, 7) is 0. The van der Waals surface area contributed by atoms with Gasteiger partial charge < -0.3 is 4.42 Å². The van der Waals surface area contributed by atoms with E-state index < -0.39 is 274 Å². The Morgan fingerprint density at radius 3 is 1.81 bits per heavy atom. The Morgan fingerprint density at radius 2 is 1.04 bits per heavy atom. The highest BCUT2D eigenvalue weighted by Gasteiger charge is 2.20. The number of nitrogens with zero attached hydrogens (tertiary/aromatic N) is 4. The summed E-state index contributed by atoms with van der Waals surface area (Å²) in [6, 6.07) is -24.4. The van der Waals surface area contributed by atoms with Gasteiger partial charge in [0.25, 0.3) is 0 Å². The molecule has 0 atom stereocenters. The average molecular weight is 693 g/mol. The third kappa shape index (κ3) is 4.33. The Morgan fingerprint density at radius 1 is 0.423 bits per heavy atom. The summed E-state index contributed by atoms with van der Waals surface area (Å²) in [5.74, 6) is -2.57. The van der Waals surface area contributed by atoms with Crippen LogP contribution in [0.15, 0.2) is 174 Å². The SMILES string of the molecule is [2H]c1c([2H])c([2H])c(-c2nc(-c3c([2H])c([2H])c4oc5c([2H])c(-c6c([2H])c([2H])c([2H])c7c([2H])c([2H])c([2H])c([2H])c67)c6c([2H])c([2H])c([2H])c([2H])c6c5c4c3[2H])nc(-n3c4c([2H])c([2H])c([2H])c([2H])c4c4c([2H])c([2H])c([2H])c([2H])c43)n2)c([2H])c1[2H]. The molecule has 0 N–H and O–H groups in total. The molecule has 0 saturated carbocycles. The van der Waals surface area contributed by atoms with E-state index in [0.717, 1.165) is 4.57 Å². The van der Waals surface area contributed by atoms with Crippen LogP contribution in [0.1, 0.15) is 38.4 Å². The lowest BCUT2D eigenvalue weighted by Gasteiger charge is -2.12. The molecule has 0 aliphatic carbocycles. The highest BCUT2D eigenvalue weighted by molar-refractivity contribution is 6.23. The van der Waals surface area contributed by atoms with Crippen molar-refractivity contribution in [2.45, 2.75) is 0 Å². The molecule has 0 aliphatic rings. The Balaban J connectivity index is 1.36. The third-order valence-corrected chi connectivity index (χ3v) is 8.25. The monoisotopic (exact) mass is 692 g/mol. The van der Waals surface area contributed by atoms with Crippen molar-refractivity contribution in [1.82, 2.24) is 19.5 Å².